The molecule has 2 aromatic rings. The van der Waals surface area contributed by atoms with Crippen molar-refractivity contribution in [3.8, 4) is 0 Å². The van der Waals surface area contributed by atoms with Crippen molar-refractivity contribution in [1.29, 1.82) is 0 Å². The number of nitrogen functional groups attached to an aromatic ring is 1. The Balaban J connectivity index is 0.000000261. The fourth-order valence-electron chi connectivity index (χ4n) is 4.06. The monoisotopic (exact) mass is 638 g/mol. The van der Waals surface area contributed by atoms with Crippen LogP contribution in [0, 0.1) is 11.6 Å². The van der Waals surface area contributed by atoms with Crippen molar-refractivity contribution < 1.29 is 32.6 Å². The molecule has 2 aromatic heterocycles. The molecule has 0 bridgehead atoms. The first-order valence-corrected chi connectivity index (χ1v) is 14.6. The number of piperidine rings is 2. The average molecular weight is 639 g/mol. The summed E-state index contributed by atoms with van der Waals surface area (Å²) in [7, 11) is 0. The maximum absolute atomic E-state index is 13.1. The van der Waals surface area contributed by atoms with Gasteiger partial charge in [-0.3, -0.25) is 14.4 Å². The van der Waals surface area contributed by atoms with E-state index in [9.17, 15) is 32.8 Å². The summed E-state index contributed by atoms with van der Waals surface area (Å²) >= 11 is 0. The van der Waals surface area contributed by atoms with E-state index in [4.69, 9.17) is 15.2 Å². The molecule has 0 saturated carbocycles. The predicted octanol–water partition coefficient (Wildman–Crippen LogP) is 4.01. The molecule has 5 N–H and O–H groups in total. The second-order valence-corrected chi connectivity index (χ2v) is 12.6. The number of carbonyl (C=O) groups excluding carboxylic acids is 3. The Labute approximate surface area is 260 Å². The topological polar surface area (TPSA) is 180 Å². The zero-order chi connectivity index (χ0) is 33.9. The number of aromatic amines is 2. The summed E-state index contributed by atoms with van der Waals surface area (Å²) in [4.78, 5) is 64.1. The van der Waals surface area contributed by atoms with E-state index >= 15 is 0 Å². The van der Waals surface area contributed by atoms with Gasteiger partial charge < -0.3 is 40.3 Å². The van der Waals surface area contributed by atoms with Crippen LogP contribution >= 0.6 is 0 Å². The average Bonchev–Trinajstić information content (AvgIpc) is 2.92. The third-order valence-corrected chi connectivity index (χ3v) is 6.24. The highest BCUT2D eigenvalue weighted by molar-refractivity contribution is 5.81. The van der Waals surface area contributed by atoms with E-state index in [-0.39, 0.29) is 40.9 Å². The highest BCUT2D eigenvalue weighted by Gasteiger charge is 2.27. The van der Waals surface area contributed by atoms with Gasteiger partial charge in [0, 0.05) is 69.6 Å². The number of halogens is 2. The van der Waals surface area contributed by atoms with Crippen molar-refractivity contribution in [2.75, 3.05) is 37.2 Å². The normalized spacial score (nSPS) is 15.6. The molecule has 2 saturated heterocycles. The molecule has 15 heteroatoms. The molecule has 250 valence electrons. The van der Waals surface area contributed by atoms with Gasteiger partial charge in [0.2, 0.25) is 0 Å². The molecule has 2 amide bonds. The molecule has 0 radical (unpaired) electrons. The lowest BCUT2D eigenvalue weighted by atomic mass is 10.1. The van der Waals surface area contributed by atoms with Gasteiger partial charge in [-0.15, -0.1) is 0 Å². The van der Waals surface area contributed by atoms with Crippen LogP contribution in [-0.4, -0.2) is 81.2 Å². The number of carbonyl (C=O) groups is 3. The number of Topliss-reactive ketones (excluding diaryl/α,β-unsaturated/α-hetero) is 1. The maximum atomic E-state index is 13.1. The van der Waals surface area contributed by atoms with Gasteiger partial charge in [0.1, 0.15) is 40.0 Å². The third kappa shape index (κ3) is 13.8. The number of H-pyrrole nitrogens is 2. The number of ether oxygens (including phenoxy) is 2. The number of pyridine rings is 2. The number of nitrogens with one attached hydrogen (secondary N) is 3. The number of likely N-dealkylation sites (tertiary alicyclic amines) is 2. The van der Waals surface area contributed by atoms with Gasteiger partial charge in [-0.2, -0.15) is 0 Å². The van der Waals surface area contributed by atoms with E-state index in [1.807, 2.05) is 41.5 Å². The number of anilines is 2. The molecule has 2 aliphatic heterocycles. The quantitative estimate of drug-likeness (QED) is 0.378. The van der Waals surface area contributed by atoms with E-state index in [1.54, 1.807) is 9.80 Å². The molecule has 2 fully saturated rings. The molecule has 4 rings (SSSR count). The van der Waals surface area contributed by atoms with E-state index in [2.05, 4.69) is 15.3 Å². The smallest absolute Gasteiger partial charge is 0.410 e. The first kappa shape index (κ1) is 36.8. The van der Waals surface area contributed by atoms with Crippen LogP contribution in [0.3, 0.4) is 0 Å². The number of nitrogens with zero attached hydrogens (tertiary/aromatic N) is 2. The second-order valence-electron chi connectivity index (χ2n) is 12.6. The molecule has 45 heavy (non-hydrogen) atoms. The Bertz CT molecular complexity index is 1410. The lowest BCUT2D eigenvalue weighted by Crippen LogP contribution is -2.44. The number of nitrogens with two attached hydrogens (primary N) is 1. The number of hydrogen-bond donors (Lipinski definition) is 4. The first-order valence-electron chi connectivity index (χ1n) is 14.6. The Morgan fingerprint density at radius 1 is 0.800 bits per heavy atom. The van der Waals surface area contributed by atoms with Crippen molar-refractivity contribution in [2.24, 2.45) is 0 Å². The second kappa shape index (κ2) is 16.0. The van der Waals surface area contributed by atoms with Crippen molar-refractivity contribution in [1.82, 2.24) is 19.8 Å². The summed E-state index contributed by atoms with van der Waals surface area (Å²) in [5, 5.41) is 3.04. The van der Waals surface area contributed by atoms with Gasteiger partial charge in [0.25, 0.3) is 11.1 Å². The summed E-state index contributed by atoms with van der Waals surface area (Å²) in [5.41, 5.74) is 3.37. The fraction of sp³-hybridized carbons (Fsp3) is 0.567. The molecule has 0 aliphatic carbocycles. The summed E-state index contributed by atoms with van der Waals surface area (Å²) in [6.45, 7) is 13.1. The number of ketones is 1. The SMILES string of the molecule is CC(C)(C)OC(=O)N1CCC(=O)CC1.CC(C)(C)OC(=O)N1CCC(Nc2cc(F)c[nH]c2=O)CC1.Nc1cc(F)c[nH]c1=O. The van der Waals surface area contributed by atoms with Crippen LogP contribution in [0.1, 0.15) is 67.2 Å². The predicted molar refractivity (Wildman–Crippen MR) is 165 cm³/mol. The highest BCUT2D eigenvalue weighted by Crippen LogP contribution is 2.18. The lowest BCUT2D eigenvalue weighted by molar-refractivity contribution is -0.121. The molecule has 2 aliphatic rings. The van der Waals surface area contributed by atoms with Gasteiger partial charge in [-0.25, -0.2) is 18.4 Å². The van der Waals surface area contributed by atoms with E-state index in [0.717, 1.165) is 18.5 Å². The van der Waals surface area contributed by atoms with Crippen LogP contribution in [0.25, 0.3) is 0 Å². The Morgan fingerprint density at radius 3 is 1.69 bits per heavy atom. The highest BCUT2D eigenvalue weighted by atomic mass is 19.1. The molecular weight excluding hydrogens is 594 g/mol. The van der Waals surface area contributed by atoms with Crippen LogP contribution < -0.4 is 22.2 Å². The minimum atomic E-state index is -0.535. The Hall–Kier alpha value is -4.43. The maximum Gasteiger partial charge on any atom is 0.410 e. The van der Waals surface area contributed by atoms with E-state index in [0.29, 0.717) is 51.9 Å². The summed E-state index contributed by atoms with van der Waals surface area (Å²) in [5.74, 6) is -0.801. The summed E-state index contributed by atoms with van der Waals surface area (Å²) < 4.78 is 35.8. The van der Waals surface area contributed by atoms with Gasteiger partial charge in [0.15, 0.2) is 0 Å². The number of rotatable bonds is 2. The fourth-order valence-corrected chi connectivity index (χ4v) is 4.06. The van der Waals surface area contributed by atoms with Gasteiger partial charge >= 0.3 is 12.2 Å². The minimum absolute atomic E-state index is 0.0292. The molecule has 0 spiro atoms. The number of aromatic nitrogens is 2. The van der Waals surface area contributed by atoms with Crippen LogP contribution in [-0.2, 0) is 14.3 Å². The summed E-state index contributed by atoms with van der Waals surface area (Å²) in [6, 6.07) is 2.18. The molecule has 4 heterocycles. The van der Waals surface area contributed by atoms with Crippen molar-refractivity contribution in [3.05, 3.63) is 56.9 Å². The van der Waals surface area contributed by atoms with E-state index < -0.39 is 28.4 Å². The van der Waals surface area contributed by atoms with Crippen molar-refractivity contribution in [3.63, 3.8) is 0 Å². The van der Waals surface area contributed by atoms with Crippen molar-refractivity contribution >= 4 is 29.3 Å². The zero-order valence-electron chi connectivity index (χ0n) is 26.6. The summed E-state index contributed by atoms with van der Waals surface area (Å²) in [6.07, 6.45) is 3.61. The molecule has 13 nitrogen and oxygen atoms in total. The van der Waals surface area contributed by atoms with Crippen LogP contribution in [0.5, 0.6) is 0 Å². The number of hydrogen-bond acceptors (Lipinski definition) is 9. The largest absolute Gasteiger partial charge is 0.444 e. The number of amides is 2. The van der Waals surface area contributed by atoms with Crippen LogP contribution in [0.15, 0.2) is 34.1 Å². The van der Waals surface area contributed by atoms with Crippen LogP contribution in [0.2, 0.25) is 0 Å². The molecule has 0 unspecified atom stereocenters. The third-order valence-electron chi connectivity index (χ3n) is 6.24. The van der Waals surface area contributed by atoms with Crippen molar-refractivity contribution in [2.45, 2.75) is 84.5 Å². The first-order chi connectivity index (χ1) is 20.8. The van der Waals surface area contributed by atoms with Gasteiger partial charge in [-0.1, -0.05) is 0 Å². The Kier molecular flexibility index (Phi) is 13.1. The Morgan fingerprint density at radius 2 is 1.24 bits per heavy atom. The minimum Gasteiger partial charge on any atom is -0.444 e. The van der Waals surface area contributed by atoms with Gasteiger partial charge in [0.05, 0.1) is 0 Å². The van der Waals surface area contributed by atoms with E-state index in [1.165, 1.54) is 6.07 Å². The lowest BCUT2D eigenvalue weighted by Gasteiger charge is -2.33. The molecule has 0 aromatic carbocycles. The standard InChI is InChI=1S/C15H22FN3O3.C10H17NO3.C5H5FN2O/c1-15(2,3)22-14(21)19-6-4-11(5-7-19)18-12-8-10(16)9-17-13(12)20;1-10(2,3)14-9(13)11-6-4-8(12)5-7-11;6-3-1-4(7)5(9)8-2-3/h8-9,11,18H,4-7H2,1-3H3,(H,17,20);4-7H2,1-3H3;1-2H,7H2,(H,8,9). The zero-order valence-corrected chi connectivity index (χ0v) is 26.6. The molecular formula is C30H44F2N6O7. The molecule has 0 atom stereocenters. The van der Waals surface area contributed by atoms with Crippen LogP contribution in [0.4, 0.5) is 29.7 Å². The van der Waals surface area contributed by atoms with Gasteiger partial charge in [-0.05, 0) is 54.4 Å².